The van der Waals surface area contributed by atoms with Crippen LogP contribution in [0.15, 0.2) is 18.5 Å². The van der Waals surface area contributed by atoms with Gasteiger partial charge in [-0.25, -0.2) is 0 Å². The second kappa shape index (κ2) is 4.41. The summed E-state index contributed by atoms with van der Waals surface area (Å²) in [5.74, 6) is 2.51. The van der Waals surface area contributed by atoms with Crippen molar-refractivity contribution in [2.75, 3.05) is 18.1 Å². The van der Waals surface area contributed by atoms with Gasteiger partial charge in [0.1, 0.15) is 0 Å². The molecule has 4 heteroatoms. The SMILES string of the molecule is c1cnn(C2CCOC3(CCSCC3)C2)c1. The van der Waals surface area contributed by atoms with Crippen LogP contribution in [-0.2, 0) is 4.74 Å². The lowest BCUT2D eigenvalue weighted by Crippen LogP contribution is -2.43. The lowest BCUT2D eigenvalue weighted by Gasteiger charge is -2.43. The quantitative estimate of drug-likeness (QED) is 0.752. The van der Waals surface area contributed by atoms with E-state index in [-0.39, 0.29) is 5.60 Å². The Morgan fingerprint density at radius 3 is 3.00 bits per heavy atom. The number of ether oxygens (including phenoxy) is 1. The molecule has 2 aliphatic heterocycles. The molecule has 16 heavy (non-hydrogen) atoms. The summed E-state index contributed by atoms with van der Waals surface area (Å²) in [5.41, 5.74) is 0.167. The lowest BCUT2D eigenvalue weighted by molar-refractivity contribution is -0.100. The second-order valence-electron chi connectivity index (χ2n) is 4.78. The molecule has 2 aliphatic rings. The van der Waals surface area contributed by atoms with Crippen molar-refractivity contribution in [2.45, 2.75) is 37.3 Å². The summed E-state index contributed by atoms with van der Waals surface area (Å²) in [5, 5.41) is 4.37. The van der Waals surface area contributed by atoms with E-state index in [2.05, 4.69) is 27.7 Å². The zero-order valence-electron chi connectivity index (χ0n) is 9.47. The highest BCUT2D eigenvalue weighted by Crippen LogP contribution is 2.41. The van der Waals surface area contributed by atoms with Crippen molar-refractivity contribution < 1.29 is 4.74 Å². The van der Waals surface area contributed by atoms with Gasteiger partial charge < -0.3 is 4.74 Å². The minimum Gasteiger partial charge on any atom is -0.375 e. The predicted molar refractivity (Wildman–Crippen MR) is 65.7 cm³/mol. The summed E-state index contributed by atoms with van der Waals surface area (Å²) in [6, 6.07) is 2.56. The van der Waals surface area contributed by atoms with Gasteiger partial charge in [-0.05, 0) is 43.3 Å². The van der Waals surface area contributed by atoms with E-state index in [4.69, 9.17) is 4.74 Å². The van der Waals surface area contributed by atoms with Gasteiger partial charge in [-0.2, -0.15) is 16.9 Å². The molecule has 1 aromatic heterocycles. The van der Waals surface area contributed by atoms with Crippen molar-refractivity contribution in [3.63, 3.8) is 0 Å². The molecule has 2 saturated heterocycles. The second-order valence-corrected chi connectivity index (χ2v) is 6.00. The van der Waals surface area contributed by atoms with Gasteiger partial charge >= 0.3 is 0 Å². The van der Waals surface area contributed by atoms with Crippen LogP contribution in [0.3, 0.4) is 0 Å². The summed E-state index contributed by atoms with van der Waals surface area (Å²) < 4.78 is 8.20. The van der Waals surface area contributed by atoms with E-state index in [0.29, 0.717) is 6.04 Å². The Morgan fingerprint density at radius 2 is 2.25 bits per heavy atom. The Hall–Kier alpha value is -0.480. The first-order valence-electron chi connectivity index (χ1n) is 6.09. The summed E-state index contributed by atoms with van der Waals surface area (Å²) in [7, 11) is 0. The molecule has 2 fully saturated rings. The number of nitrogens with zero attached hydrogens (tertiary/aromatic N) is 2. The van der Waals surface area contributed by atoms with E-state index < -0.39 is 0 Å². The maximum absolute atomic E-state index is 6.08. The van der Waals surface area contributed by atoms with Gasteiger partial charge in [0.15, 0.2) is 0 Å². The predicted octanol–water partition coefficient (Wildman–Crippen LogP) is 2.50. The fraction of sp³-hybridized carbons (Fsp3) is 0.750. The maximum atomic E-state index is 6.08. The van der Waals surface area contributed by atoms with E-state index >= 15 is 0 Å². The Labute approximate surface area is 101 Å². The highest BCUT2D eigenvalue weighted by Gasteiger charge is 2.39. The third kappa shape index (κ3) is 2.00. The molecular weight excluding hydrogens is 220 g/mol. The lowest BCUT2D eigenvalue weighted by atomic mass is 9.85. The van der Waals surface area contributed by atoms with Crippen LogP contribution in [0.1, 0.15) is 31.7 Å². The third-order valence-electron chi connectivity index (χ3n) is 3.77. The fourth-order valence-electron chi connectivity index (χ4n) is 2.82. The van der Waals surface area contributed by atoms with E-state index in [0.717, 1.165) is 19.4 Å². The van der Waals surface area contributed by atoms with Gasteiger partial charge in [0, 0.05) is 19.0 Å². The van der Waals surface area contributed by atoms with Gasteiger partial charge in [-0.1, -0.05) is 0 Å². The van der Waals surface area contributed by atoms with Crippen LogP contribution < -0.4 is 0 Å². The van der Waals surface area contributed by atoms with Crippen LogP contribution in [0.25, 0.3) is 0 Å². The zero-order valence-corrected chi connectivity index (χ0v) is 10.3. The molecule has 88 valence electrons. The monoisotopic (exact) mass is 238 g/mol. The first-order valence-corrected chi connectivity index (χ1v) is 7.24. The standard InChI is InChI=1S/C12H18N2OS/c1-5-13-14(6-1)11-2-7-15-12(10-11)3-8-16-9-4-12/h1,5-6,11H,2-4,7-10H2. The van der Waals surface area contributed by atoms with Gasteiger partial charge in [0.2, 0.25) is 0 Å². The van der Waals surface area contributed by atoms with Crippen LogP contribution in [0, 0.1) is 0 Å². The van der Waals surface area contributed by atoms with Crippen molar-refractivity contribution in [2.24, 2.45) is 0 Å². The highest BCUT2D eigenvalue weighted by atomic mass is 32.2. The Balaban J connectivity index is 1.74. The molecule has 0 aromatic carbocycles. The number of aromatic nitrogens is 2. The van der Waals surface area contributed by atoms with E-state index in [1.165, 1.54) is 24.3 Å². The first kappa shape index (κ1) is 10.7. The third-order valence-corrected chi connectivity index (χ3v) is 4.76. The topological polar surface area (TPSA) is 27.1 Å². The van der Waals surface area contributed by atoms with Crippen LogP contribution in [-0.4, -0.2) is 33.5 Å². The van der Waals surface area contributed by atoms with Crippen LogP contribution in [0.5, 0.6) is 0 Å². The van der Waals surface area contributed by atoms with Crippen molar-refractivity contribution >= 4 is 11.8 Å². The van der Waals surface area contributed by atoms with E-state index in [1.807, 2.05) is 12.3 Å². The minimum atomic E-state index is 0.167. The molecule has 3 rings (SSSR count). The van der Waals surface area contributed by atoms with E-state index in [1.54, 1.807) is 0 Å². The van der Waals surface area contributed by atoms with Crippen LogP contribution in [0.4, 0.5) is 0 Å². The van der Waals surface area contributed by atoms with E-state index in [9.17, 15) is 0 Å². The minimum absolute atomic E-state index is 0.167. The molecular formula is C12H18N2OS. The number of thioether (sulfide) groups is 1. The molecule has 0 N–H and O–H groups in total. The Bertz CT molecular complexity index is 327. The zero-order chi connectivity index (χ0) is 10.8. The van der Waals surface area contributed by atoms with Crippen molar-refractivity contribution in [1.82, 2.24) is 9.78 Å². The smallest absolute Gasteiger partial charge is 0.0718 e. The molecule has 1 atom stereocenters. The van der Waals surface area contributed by atoms with Crippen molar-refractivity contribution in [1.29, 1.82) is 0 Å². The van der Waals surface area contributed by atoms with Gasteiger partial charge in [0.25, 0.3) is 0 Å². The fourth-order valence-corrected chi connectivity index (χ4v) is 4.05. The average Bonchev–Trinajstić information content (AvgIpc) is 2.83. The van der Waals surface area contributed by atoms with Crippen LogP contribution >= 0.6 is 11.8 Å². The Kier molecular flexibility index (Phi) is 2.94. The van der Waals surface area contributed by atoms with Crippen molar-refractivity contribution in [3.8, 4) is 0 Å². The van der Waals surface area contributed by atoms with Crippen LogP contribution in [0.2, 0.25) is 0 Å². The van der Waals surface area contributed by atoms with Crippen molar-refractivity contribution in [3.05, 3.63) is 18.5 Å². The molecule has 0 bridgehead atoms. The molecule has 0 radical (unpaired) electrons. The molecule has 3 nitrogen and oxygen atoms in total. The maximum Gasteiger partial charge on any atom is 0.0718 e. The summed E-state index contributed by atoms with van der Waals surface area (Å²) in [6.07, 6.45) is 8.65. The number of rotatable bonds is 1. The highest BCUT2D eigenvalue weighted by molar-refractivity contribution is 7.99. The number of hydrogen-bond donors (Lipinski definition) is 0. The molecule has 3 heterocycles. The first-order chi connectivity index (χ1) is 7.88. The molecule has 0 saturated carbocycles. The average molecular weight is 238 g/mol. The molecule has 1 spiro atoms. The normalized spacial score (nSPS) is 29.4. The summed E-state index contributed by atoms with van der Waals surface area (Å²) in [6.45, 7) is 0.898. The molecule has 1 unspecified atom stereocenters. The number of hydrogen-bond acceptors (Lipinski definition) is 3. The molecule has 0 aliphatic carbocycles. The Morgan fingerprint density at radius 1 is 1.38 bits per heavy atom. The largest absolute Gasteiger partial charge is 0.375 e. The summed E-state index contributed by atoms with van der Waals surface area (Å²) >= 11 is 2.06. The van der Waals surface area contributed by atoms with Gasteiger partial charge in [-0.15, -0.1) is 0 Å². The molecule has 0 amide bonds. The molecule has 1 aromatic rings. The summed E-state index contributed by atoms with van der Waals surface area (Å²) in [4.78, 5) is 0. The van der Waals surface area contributed by atoms with Gasteiger partial charge in [-0.3, -0.25) is 4.68 Å². The van der Waals surface area contributed by atoms with Gasteiger partial charge in [0.05, 0.1) is 11.6 Å².